The molecular weight excluding hydrogens is 341 g/mol. The molecule has 1 aromatic heterocycles. The minimum atomic E-state index is -0.460. The molecule has 1 saturated carbocycles. The summed E-state index contributed by atoms with van der Waals surface area (Å²) in [5, 5.41) is 3.64. The van der Waals surface area contributed by atoms with Crippen LogP contribution in [0.15, 0.2) is 53.2 Å². The maximum atomic E-state index is 14.2. The minimum Gasteiger partial charge on any atom is -0.338 e. The van der Waals surface area contributed by atoms with Crippen molar-refractivity contribution in [3.05, 3.63) is 70.3 Å². The highest BCUT2D eigenvalue weighted by Crippen LogP contribution is 2.35. The second kappa shape index (κ2) is 6.41. The highest BCUT2D eigenvalue weighted by Gasteiger charge is 2.34. The van der Waals surface area contributed by atoms with E-state index in [4.69, 9.17) is 11.6 Å². The van der Waals surface area contributed by atoms with Crippen molar-refractivity contribution < 1.29 is 9.18 Å². The highest BCUT2D eigenvalue weighted by molar-refractivity contribution is 6.32. The number of aromatic nitrogens is 1. The Morgan fingerprint density at radius 3 is 2.84 bits per heavy atom. The summed E-state index contributed by atoms with van der Waals surface area (Å²) in [7, 11) is 0. The van der Waals surface area contributed by atoms with Gasteiger partial charge in [0.2, 0.25) is 0 Å². The van der Waals surface area contributed by atoms with E-state index in [2.05, 4.69) is 15.3 Å². The quantitative estimate of drug-likeness (QED) is 0.892. The van der Waals surface area contributed by atoms with Crippen LogP contribution in [0.2, 0.25) is 5.02 Å². The molecule has 4 nitrogen and oxygen atoms in total. The molecule has 1 atom stereocenters. The van der Waals surface area contributed by atoms with E-state index in [9.17, 15) is 9.18 Å². The lowest BCUT2D eigenvalue weighted by Crippen LogP contribution is -2.38. The van der Waals surface area contributed by atoms with Gasteiger partial charge < -0.3 is 5.32 Å². The zero-order chi connectivity index (χ0) is 17.4. The minimum absolute atomic E-state index is 0.0583. The van der Waals surface area contributed by atoms with Crippen LogP contribution in [-0.4, -0.2) is 22.6 Å². The number of benzene rings is 1. The Hall–Kier alpha value is -2.53. The molecule has 0 bridgehead atoms. The molecule has 0 amide bonds. The first-order chi connectivity index (χ1) is 12.1. The molecule has 2 heterocycles. The van der Waals surface area contributed by atoms with Crippen LogP contribution in [0.25, 0.3) is 5.70 Å². The first kappa shape index (κ1) is 16.0. The number of hydrogen-bond donors (Lipinski definition) is 1. The average Bonchev–Trinajstić information content (AvgIpc) is 2.62. The lowest BCUT2D eigenvalue weighted by molar-refractivity contribution is -0.116. The van der Waals surface area contributed by atoms with Crippen LogP contribution in [0.4, 0.5) is 4.39 Å². The molecule has 1 aliphatic heterocycles. The summed E-state index contributed by atoms with van der Waals surface area (Å²) >= 11 is 6.35. The third-order valence-corrected chi connectivity index (χ3v) is 4.77. The number of rotatable bonds is 2. The molecule has 1 unspecified atom stereocenters. The van der Waals surface area contributed by atoms with Crippen LogP contribution in [0.5, 0.6) is 0 Å². The fourth-order valence-corrected chi connectivity index (χ4v) is 3.52. The number of carbonyl (C=O) groups excluding carboxylic acids is 1. The zero-order valence-electron chi connectivity index (χ0n) is 13.3. The summed E-state index contributed by atoms with van der Waals surface area (Å²) in [6, 6.07) is 9.86. The van der Waals surface area contributed by atoms with Crippen LogP contribution >= 0.6 is 11.6 Å². The van der Waals surface area contributed by atoms with Gasteiger partial charge >= 0.3 is 0 Å². The first-order valence-corrected chi connectivity index (χ1v) is 8.51. The predicted octanol–water partition coefficient (Wildman–Crippen LogP) is 3.76. The van der Waals surface area contributed by atoms with E-state index >= 15 is 0 Å². The number of Topliss-reactive ketones (excluding diaryl/α,β-unsaturated/α-hetero) is 1. The fraction of sp³-hybridized carbons (Fsp3) is 0.211. The van der Waals surface area contributed by atoms with Crippen LogP contribution < -0.4 is 5.32 Å². The van der Waals surface area contributed by atoms with Gasteiger partial charge in [-0.2, -0.15) is 0 Å². The number of aliphatic imine (C=N–C) groups is 1. The molecule has 126 valence electrons. The molecule has 2 aromatic rings. The molecule has 1 aromatic carbocycles. The summed E-state index contributed by atoms with van der Waals surface area (Å²) in [6.45, 7) is 0. The first-order valence-electron chi connectivity index (χ1n) is 8.13. The van der Waals surface area contributed by atoms with Gasteiger partial charge in [-0.15, -0.1) is 0 Å². The number of amidine groups is 1. The summed E-state index contributed by atoms with van der Waals surface area (Å²) in [6.07, 6.45) is 3.52. The molecular formula is C19H15ClFN3O. The SMILES string of the molecule is O=C1CCCC2N=C(c3ncccc3F)NC(c3ccccc3Cl)=C12. The Morgan fingerprint density at radius 1 is 1.20 bits per heavy atom. The predicted molar refractivity (Wildman–Crippen MR) is 94.9 cm³/mol. The molecule has 1 N–H and O–H groups in total. The Balaban J connectivity index is 1.86. The Morgan fingerprint density at radius 2 is 2.04 bits per heavy atom. The topological polar surface area (TPSA) is 54.4 Å². The van der Waals surface area contributed by atoms with Gasteiger partial charge in [-0.3, -0.25) is 9.79 Å². The van der Waals surface area contributed by atoms with E-state index in [1.54, 1.807) is 6.07 Å². The van der Waals surface area contributed by atoms with E-state index in [0.717, 1.165) is 12.8 Å². The number of ketones is 1. The van der Waals surface area contributed by atoms with Crippen LogP contribution in [0.3, 0.4) is 0 Å². The maximum absolute atomic E-state index is 14.2. The van der Waals surface area contributed by atoms with Crippen molar-refractivity contribution in [2.75, 3.05) is 0 Å². The van der Waals surface area contributed by atoms with E-state index in [0.29, 0.717) is 34.1 Å². The molecule has 6 heteroatoms. The van der Waals surface area contributed by atoms with Crippen molar-refractivity contribution in [3.63, 3.8) is 0 Å². The highest BCUT2D eigenvalue weighted by atomic mass is 35.5. The number of pyridine rings is 1. The van der Waals surface area contributed by atoms with Crippen molar-refractivity contribution in [2.24, 2.45) is 4.99 Å². The van der Waals surface area contributed by atoms with Gasteiger partial charge in [0.05, 0.1) is 11.7 Å². The molecule has 2 aliphatic rings. The van der Waals surface area contributed by atoms with Crippen LogP contribution in [-0.2, 0) is 4.79 Å². The normalized spacial score (nSPS) is 20.0. The molecule has 25 heavy (non-hydrogen) atoms. The lowest BCUT2D eigenvalue weighted by Gasteiger charge is -2.30. The third kappa shape index (κ3) is 2.85. The number of nitrogens with one attached hydrogen (secondary N) is 1. The van der Waals surface area contributed by atoms with Crippen LogP contribution in [0.1, 0.15) is 30.5 Å². The van der Waals surface area contributed by atoms with E-state index in [1.807, 2.05) is 18.2 Å². The van der Waals surface area contributed by atoms with E-state index in [1.165, 1.54) is 18.3 Å². The van der Waals surface area contributed by atoms with Gasteiger partial charge in [0.15, 0.2) is 17.4 Å². The third-order valence-electron chi connectivity index (χ3n) is 4.44. The molecule has 1 aliphatic carbocycles. The molecule has 0 saturated heterocycles. The van der Waals surface area contributed by atoms with Gasteiger partial charge in [-0.05, 0) is 31.0 Å². The Bertz CT molecular complexity index is 922. The molecule has 4 rings (SSSR count). The molecule has 0 radical (unpaired) electrons. The second-order valence-electron chi connectivity index (χ2n) is 6.04. The van der Waals surface area contributed by atoms with Crippen LogP contribution in [0, 0.1) is 5.82 Å². The monoisotopic (exact) mass is 355 g/mol. The molecule has 0 spiro atoms. The summed E-state index contributed by atoms with van der Waals surface area (Å²) in [4.78, 5) is 21.2. The van der Waals surface area contributed by atoms with Gasteiger partial charge in [-0.25, -0.2) is 9.37 Å². The number of halogens is 2. The smallest absolute Gasteiger partial charge is 0.163 e. The summed E-state index contributed by atoms with van der Waals surface area (Å²) in [5.41, 5.74) is 2.09. The fourth-order valence-electron chi connectivity index (χ4n) is 3.29. The van der Waals surface area contributed by atoms with Gasteiger partial charge in [-0.1, -0.05) is 29.8 Å². The number of fused-ring (bicyclic) bond motifs is 1. The van der Waals surface area contributed by atoms with Gasteiger partial charge in [0.25, 0.3) is 0 Å². The van der Waals surface area contributed by atoms with Crippen molar-refractivity contribution in [1.29, 1.82) is 0 Å². The van der Waals surface area contributed by atoms with Crippen molar-refractivity contribution in [1.82, 2.24) is 10.3 Å². The maximum Gasteiger partial charge on any atom is 0.163 e. The summed E-state index contributed by atoms with van der Waals surface area (Å²) < 4.78 is 14.2. The van der Waals surface area contributed by atoms with Crippen molar-refractivity contribution in [3.8, 4) is 0 Å². The summed E-state index contributed by atoms with van der Waals surface area (Å²) in [5.74, 6) is -0.0720. The number of nitrogens with zero attached hydrogens (tertiary/aromatic N) is 2. The van der Waals surface area contributed by atoms with E-state index < -0.39 is 5.82 Å². The van der Waals surface area contributed by atoms with Crippen molar-refractivity contribution >= 4 is 28.9 Å². The van der Waals surface area contributed by atoms with Gasteiger partial charge in [0, 0.05) is 28.8 Å². The zero-order valence-corrected chi connectivity index (χ0v) is 14.1. The standard InChI is InChI=1S/C19H15ClFN3O/c20-12-6-2-1-5-11(12)17-16-14(8-3-9-15(16)25)23-19(24-17)18-13(21)7-4-10-22-18/h1-2,4-7,10,14H,3,8-9H2,(H,23,24). The Kier molecular flexibility index (Phi) is 4.09. The van der Waals surface area contributed by atoms with Gasteiger partial charge in [0.1, 0.15) is 5.69 Å². The lowest BCUT2D eigenvalue weighted by atomic mass is 9.85. The molecule has 1 fully saturated rings. The average molecular weight is 356 g/mol. The number of hydrogen-bond acceptors (Lipinski definition) is 4. The van der Waals surface area contributed by atoms with Crippen molar-refractivity contribution in [2.45, 2.75) is 25.3 Å². The van der Waals surface area contributed by atoms with E-state index in [-0.39, 0.29) is 17.5 Å². The second-order valence-corrected chi connectivity index (χ2v) is 6.44. The Labute approximate surface area is 149 Å². The largest absolute Gasteiger partial charge is 0.338 e. The number of carbonyl (C=O) groups is 1.